The molecule has 0 saturated heterocycles. The van der Waals surface area contributed by atoms with Crippen molar-refractivity contribution in [1.29, 1.82) is 0 Å². The molecular formula is C24H28N2O3. The summed E-state index contributed by atoms with van der Waals surface area (Å²) in [5.74, 6) is 1.58. The molecule has 3 aromatic rings. The number of hydrogen-bond donors (Lipinski definition) is 1. The maximum absolute atomic E-state index is 12.4. The number of methoxy groups -OCH3 is 1. The Morgan fingerprint density at radius 1 is 1.00 bits per heavy atom. The van der Waals surface area contributed by atoms with Crippen molar-refractivity contribution in [2.45, 2.75) is 13.0 Å². The average Bonchev–Trinajstić information content (AvgIpc) is 2.73. The zero-order valence-electron chi connectivity index (χ0n) is 17.2. The maximum atomic E-state index is 12.4. The summed E-state index contributed by atoms with van der Waals surface area (Å²) < 4.78 is 10.9. The van der Waals surface area contributed by atoms with Crippen LogP contribution in [0.3, 0.4) is 0 Å². The predicted octanol–water partition coefficient (Wildman–Crippen LogP) is 4.04. The molecule has 0 aliphatic carbocycles. The fourth-order valence-corrected chi connectivity index (χ4v) is 3.16. The van der Waals surface area contributed by atoms with Crippen LogP contribution in [-0.2, 0) is 4.79 Å². The second kappa shape index (κ2) is 9.94. The topological polar surface area (TPSA) is 50.8 Å². The molecule has 0 saturated carbocycles. The van der Waals surface area contributed by atoms with Crippen molar-refractivity contribution in [3.63, 3.8) is 0 Å². The number of carbonyl (C=O) groups is 1. The molecule has 152 valence electrons. The first-order chi connectivity index (χ1) is 14.0. The van der Waals surface area contributed by atoms with E-state index in [2.05, 4.69) is 35.6 Å². The van der Waals surface area contributed by atoms with Crippen molar-refractivity contribution in [3.8, 4) is 11.5 Å². The van der Waals surface area contributed by atoms with E-state index in [1.165, 1.54) is 10.8 Å². The van der Waals surface area contributed by atoms with Crippen LogP contribution < -0.4 is 14.8 Å². The summed E-state index contributed by atoms with van der Waals surface area (Å²) in [7, 11) is 3.55. The molecule has 0 bridgehead atoms. The van der Waals surface area contributed by atoms with Gasteiger partial charge in [-0.15, -0.1) is 0 Å². The van der Waals surface area contributed by atoms with Crippen molar-refractivity contribution >= 4 is 16.7 Å². The van der Waals surface area contributed by atoms with Gasteiger partial charge in [0.25, 0.3) is 0 Å². The summed E-state index contributed by atoms with van der Waals surface area (Å²) in [5, 5.41) is 5.46. The number of nitrogens with one attached hydrogen (secondary N) is 1. The molecule has 0 fully saturated rings. The molecule has 3 aromatic carbocycles. The highest BCUT2D eigenvalue weighted by Gasteiger charge is 2.12. The van der Waals surface area contributed by atoms with Crippen molar-refractivity contribution < 1.29 is 14.3 Å². The minimum atomic E-state index is -0.0453. The van der Waals surface area contributed by atoms with Gasteiger partial charge in [0.2, 0.25) is 5.91 Å². The Bertz CT molecular complexity index is 940. The largest absolute Gasteiger partial charge is 0.497 e. The smallest absolute Gasteiger partial charge is 0.234 e. The van der Waals surface area contributed by atoms with Crippen LogP contribution in [0.1, 0.15) is 18.5 Å². The quantitative estimate of drug-likeness (QED) is 0.597. The van der Waals surface area contributed by atoms with Crippen molar-refractivity contribution in [1.82, 2.24) is 10.2 Å². The molecule has 0 heterocycles. The molecule has 0 spiro atoms. The fraction of sp³-hybridized carbons (Fsp3) is 0.292. The van der Waals surface area contributed by atoms with Gasteiger partial charge in [-0.25, -0.2) is 0 Å². The van der Waals surface area contributed by atoms with E-state index < -0.39 is 0 Å². The Hall–Kier alpha value is -3.05. The van der Waals surface area contributed by atoms with Gasteiger partial charge in [-0.2, -0.15) is 0 Å². The third-order valence-corrected chi connectivity index (χ3v) is 4.87. The molecule has 0 radical (unpaired) electrons. The number of benzene rings is 3. The number of carbonyl (C=O) groups excluding carboxylic acids is 1. The number of rotatable bonds is 9. The molecule has 1 amide bonds. The molecule has 0 aliphatic rings. The number of likely N-dealkylation sites (N-methyl/N-ethyl adjacent to an activating group) is 1. The molecule has 3 rings (SSSR count). The normalized spacial score (nSPS) is 12.0. The first-order valence-electron chi connectivity index (χ1n) is 9.78. The van der Waals surface area contributed by atoms with Crippen LogP contribution in [0.15, 0.2) is 66.7 Å². The van der Waals surface area contributed by atoms with Gasteiger partial charge < -0.3 is 14.8 Å². The second-order valence-electron chi connectivity index (χ2n) is 7.16. The lowest BCUT2D eigenvalue weighted by molar-refractivity contribution is -0.122. The van der Waals surface area contributed by atoms with E-state index in [1.807, 2.05) is 55.3 Å². The molecule has 0 unspecified atom stereocenters. The van der Waals surface area contributed by atoms with E-state index in [4.69, 9.17) is 9.47 Å². The second-order valence-corrected chi connectivity index (χ2v) is 7.16. The number of hydrogen-bond acceptors (Lipinski definition) is 4. The first kappa shape index (κ1) is 20.7. The molecular weight excluding hydrogens is 364 g/mol. The van der Waals surface area contributed by atoms with Gasteiger partial charge in [-0.1, -0.05) is 36.4 Å². The van der Waals surface area contributed by atoms with E-state index in [1.54, 1.807) is 7.11 Å². The van der Waals surface area contributed by atoms with Gasteiger partial charge in [0.15, 0.2) is 0 Å². The molecule has 1 N–H and O–H groups in total. The lowest BCUT2D eigenvalue weighted by Gasteiger charge is -2.19. The Balaban J connectivity index is 1.43. The van der Waals surface area contributed by atoms with Crippen LogP contribution in [0.25, 0.3) is 10.8 Å². The lowest BCUT2D eigenvalue weighted by atomic mass is 10.0. The van der Waals surface area contributed by atoms with E-state index in [-0.39, 0.29) is 11.9 Å². The van der Waals surface area contributed by atoms with Crippen LogP contribution in [0.2, 0.25) is 0 Å². The van der Waals surface area contributed by atoms with E-state index in [9.17, 15) is 4.79 Å². The minimum Gasteiger partial charge on any atom is -0.497 e. The number of ether oxygens (including phenoxy) is 2. The standard InChI is InChI=1S/C24H28N2O3/c1-18(20-9-8-19-6-4-5-7-21(19)16-20)25-24(27)17-26(2)14-15-29-23-12-10-22(28-3)11-13-23/h4-13,16,18H,14-15,17H2,1-3H3,(H,25,27)/t18-/m0/s1. The molecule has 0 aromatic heterocycles. The van der Waals surface area contributed by atoms with Gasteiger partial charge in [-0.05, 0) is 60.6 Å². The summed E-state index contributed by atoms with van der Waals surface area (Å²) in [4.78, 5) is 14.3. The summed E-state index contributed by atoms with van der Waals surface area (Å²) in [5.41, 5.74) is 1.10. The highest BCUT2D eigenvalue weighted by atomic mass is 16.5. The third kappa shape index (κ3) is 5.96. The Kier molecular flexibility index (Phi) is 7.09. The zero-order chi connectivity index (χ0) is 20.6. The Morgan fingerprint density at radius 2 is 1.69 bits per heavy atom. The average molecular weight is 392 g/mol. The van der Waals surface area contributed by atoms with Gasteiger partial charge in [-0.3, -0.25) is 9.69 Å². The van der Waals surface area contributed by atoms with Crippen LogP contribution in [0.5, 0.6) is 11.5 Å². The summed E-state index contributed by atoms with van der Waals surface area (Å²) in [6.45, 7) is 3.50. The number of fused-ring (bicyclic) bond motifs is 1. The fourth-order valence-electron chi connectivity index (χ4n) is 3.16. The van der Waals surface area contributed by atoms with Crippen LogP contribution in [0.4, 0.5) is 0 Å². The van der Waals surface area contributed by atoms with Gasteiger partial charge in [0, 0.05) is 6.54 Å². The van der Waals surface area contributed by atoms with Crippen LogP contribution in [0, 0.1) is 0 Å². The summed E-state index contributed by atoms with van der Waals surface area (Å²) >= 11 is 0. The van der Waals surface area contributed by atoms with Crippen molar-refractivity contribution in [2.75, 3.05) is 33.9 Å². The molecule has 1 atom stereocenters. The van der Waals surface area contributed by atoms with Gasteiger partial charge in [0.1, 0.15) is 18.1 Å². The molecule has 29 heavy (non-hydrogen) atoms. The SMILES string of the molecule is COc1ccc(OCCN(C)CC(=O)N[C@@H](C)c2ccc3ccccc3c2)cc1. The number of nitrogens with zero attached hydrogens (tertiary/aromatic N) is 1. The Morgan fingerprint density at radius 3 is 2.41 bits per heavy atom. The first-order valence-corrected chi connectivity index (χ1v) is 9.78. The van der Waals surface area contributed by atoms with E-state index in [0.717, 1.165) is 17.1 Å². The molecule has 5 heteroatoms. The number of amides is 1. The molecule has 0 aliphatic heterocycles. The highest BCUT2D eigenvalue weighted by molar-refractivity contribution is 5.83. The van der Waals surface area contributed by atoms with Crippen LogP contribution >= 0.6 is 0 Å². The summed E-state index contributed by atoms with van der Waals surface area (Å²) in [6.07, 6.45) is 0. The van der Waals surface area contributed by atoms with E-state index >= 15 is 0 Å². The predicted molar refractivity (Wildman–Crippen MR) is 116 cm³/mol. The minimum absolute atomic E-state index is 0.00222. The van der Waals surface area contributed by atoms with E-state index in [0.29, 0.717) is 19.7 Å². The highest BCUT2D eigenvalue weighted by Crippen LogP contribution is 2.20. The van der Waals surface area contributed by atoms with Gasteiger partial charge >= 0.3 is 0 Å². The van der Waals surface area contributed by atoms with Gasteiger partial charge in [0.05, 0.1) is 19.7 Å². The van der Waals surface area contributed by atoms with Crippen molar-refractivity contribution in [2.24, 2.45) is 0 Å². The zero-order valence-corrected chi connectivity index (χ0v) is 17.2. The lowest BCUT2D eigenvalue weighted by Crippen LogP contribution is -2.38. The van der Waals surface area contributed by atoms with Crippen LogP contribution in [-0.4, -0.2) is 44.7 Å². The third-order valence-electron chi connectivity index (χ3n) is 4.87. The summed E-state index contributed by atoms with van der Waals surface area (Å²) in [6, 6.07) is 21.9. The monoisotopic (exact) mass is 392 g/mol. The van der Waals surface area contributed by atoms with Crippen molar-refractivity contribution in [3.05, 3.63) is 72.3 Å². The maximum Gasteiger partial charge on any atom is 0.234 e. The molecule has 5 nitrogen and oxygen atoms in total. The Labute approximate surface area is 172 Å².